The highest BCUT2D eigenvalue weighted by molar-refractivity contribution is 5.88. The van der Waals surface area contributed by atoms with E-state index in [0.717, 1.165) is 0 Å². The quantitative estimate of drug-likeness (QED) is 0.640. The van der Waals surface area contributed by atoms with Gasteiger partial charge in [0.25, 0.3) is 0 Å². The molecule has 98 valence electrons. The van der Waals surface area contributed by atoms with Crippen LogP contribution in [0.1, 0.15) is 20.7 Å². The summed E-state index contributed by atoms with van der Waals surface area (Å²) in [4.78, 5) is 24.2. The van der Waals surface area contributed by atoms with E-state index in [-0.39, 0.29) is 0 Å². The lowest BCUT2D eigenvalue weighted by Gasteiger charge is -1.92. The molecule has 0 aliphatic rings. The van der Waals surface area contributed by atoms with Gasteiger partial charge < -0.3 is 5.11 Å². The maximum absolute atomic E-state index is 10.5. The molecule has 5 nitrogen and oxygen atoms in total. The normalized spacial score (nSPS) is 8.89. The van der Waals surface area contributed by atoms with Crippen LogP contribution in [0, 0.1) is 0 Å². The molecule has 0 radical (unpaired) electrons. The van der Waals surface area contributed by atoms with E-state index in [9.17, 15) is 9.59 Å². The Labute approximate surface area is 109 Å². The number of carboxylic acid groups (broad SMARTS) is 1. The van der Waals surface area contributed by atoms with E-state index < -0.39 is 11.9 Å². The lowest BCUT2D eigenvalue weighted by molar-refractivity contribution is -0.182. The summed E-state index contributed by atoms with van der Waals surface area (Å²) >= 11 is 0. The predicted octanol–water partition coefficient (Wildman–Crippen LogP) is 2.70. The number of hydrogen-bond acceptors (Lipinski definition) is 4. The van der Waals surface area contributed by atoms with E-state index in [4.69, 9.17) is 10.4 Å². The first-order valence-electron chi connectivity index (χ1n) is 5.34. The van der Waals surface area contributed by atoms with Gasteiger partial charge in [0.1, 0.15) is 0 Å². The van der Waals surface area contributed by atoms with Crippen molar-refractivity contribution in [1.29, 1.82) is 0 Å². The van der Waals surface area contributed by atoms with Crippen molar-refractivity contribution in [3.63, 3.8) is 0 Å². The zero-order valence-corrected chi connectivity index (χ0v) is 9.89. The number of aromatic carboxylic acids is 1. The summed E-state index contributed by atoms with van der Waals surface area (Å²) in [6.45, 7) is 0. The molecule has 0 amide bonds. The lowest BCUT2D eigenvalue weighted by atomic mass is 10.2. The molecule has 2 N–H and O–H groups in total. The molecule has 0 aliphatic carbocycles. The molecular weight excluding hydrogens is 248 g/mol. The standard InChI is InChI=1S/C7H6O3.C7H6O2/c8-7(10-9)6-4-2-1-3-5-6;8-7(9)6-4-2-1-3-5-6/h1-5,9H;1-5H,(H,8,9). The highest BCUT2D eigenvalue weighted by Crippen LogP contribution is 1.98. The number of benzene rings is 2. The van der Waals surface area contributed by atoms with Crippen molar-refractivity contribution in [2.75, 3.05) is 0 Å². The van der Waals surface area contributed by atoms with Crippen LogP contribution >= 0.6 is 0 Å². The summed E-state index contributed by atoms with van der Waals surface area (Å²) in [6, 6.07) is 16.5. The summed E-state index contributed by atoms with van der Waals surface area (Å²) < 4.78 is 0. The summed E-state index contributed by atoms with van der Waals surface area (Å²) in [6.07, 6.45) is 0. The molecule has 2 rings (SSSR count). The molecule has 0 heterocycles. The van der Waals surface area contributed by atoms with Crippen molar-refractivity contribution >= 4 is 11.9 Å². The zero-order chi connectivity index (χ0) is 14.1. The molecule has 0 fully saturated rings. The Balaban J connectivity index is 0.000000191. The smallest absolute Gasteiger partial charge is 0.372 e. The molecule has 2 aromatic carbocycles. The largest absolute Gasteiger partial charge is 0.478 e. The second kappa shape index (κ2) is 7.62. The number of carbonyl (C=O) groups excluding carboxylic acids is 1. The van der Waals surface area contributed by atoms with Crippen molar-refractivity contribution in [2.24, 2.45) is 0 Å². The van der Waals surface area contributed by atoms with Crippen molar-refractivity contribution < 1.29 is 24.8 Å². The summed E-state index contributed by atoms with van der Waals surface area (Å²) in [7, 11) is 0. The third-order valence-corrected chi connectivity index (χ3v) is 2.11. The number of hydrogen-bond donors (Lipinski definition) is 2. The third-order valence-electron chi connectivity index (χ3n) is 2.11. The molecule has 19 heavy (non-hydrogen) atoms. The van der Waals surface area contributed by atoms with Gasteiger partial charge in [-0.3, -0.25) is 4.89 Å². The second-order valence-corrected chi connectivity index (χ2v) is 3.42. The molecule has 0 spiro atoms. The maximum atomic E-state index is 10.5. The van der Waals surface area contributed by atoms with Gasteiger partial charge in [0.2, 0.25) is 0 Å². The molecule has 0 bridgehead atoms. The van der Waals surface area contributed by atoms with E-state index in [0.29, 0.717) is 11.1 Å². The van der Waals surface area contributed by atoms with E-state index in [2.05, 4.69) is 4.89 Å². The molecule has 0 aromatic heterocycles. The minimum absolute atomic E-state index is 0.331. The van der Waals surface area contributed by atoms with Gasteiger partial charge in [0, 0.05) is 0 Å². The van der Waals surface area contributed by atoms with E-state index in [1.165, 1.54) is 0 Å². The predicted molar refractivity (Wildman–Crippen MR) is 67.9 cm³/mol. The fraction of sp³-hybridized carbons (Fsp3) is 0. The highest BCUT2D eigenvalue weighted by Gasteiger charge is 2.02. The zero-order valence-electron chi connectivity index (χ0n) is 9.89. The van der Waals surface area contributed by atoms with Crippen LogP contribution in [0.15, 0.2) is 60.7 Å². The van der Waals surface area contributed by atoms with E-state index in [1.807, 2.05) is 0 Å². The molecule has 0 saturated heterocycles. The average Bonchev–Trinajstić information content (AvgIpc) is 2.49. The van der Waals surface area contributed by atoms with Gasteiger partial charge in [-0.1, -0.05) is 36.4 Å². The van der Waals surface area contributed by atoms with Crippen molar-refractivity contribution in [1.82, 2.24) is 0 Å². The van der Waals surface area contributed by atoms with Crippen LogP contribution in [-0.4, -0.2) is 22.3 Å². The second-order valence-electron chi connectivity index (χ2n) is 3.42. The minimum atomic E-state index is -0.879. The van der Waals surface area contributed by atoms with Crippen LogP contribution < -0.4 is 0 Å². The van der Waals surface area contributed by atoms with Crippen molar-refractivity contribution in [2.45, 2.75) is 0 Å². The summed E-state index contributed by atoms with van der Waals surface area (Å²) in [5.41, 5.74) is 0.669. The van der Waals surface area contributed by atoms with Gasteiger partial charge in [0.15, 0.2) is 0 Å². The van der Waals surface area contributed by atoms with Gasteiger partial charge in [-0.2, -0.15) is 5.26 Å². The summed E-state index contributed by atoms with van der Waals surface area (Å²) in [5.74, 6) is -1.61. The topological polar surface area (TPSA) is 83.8 Å². The number of rotatable bonds is 2. The Morgan fingerprint density at radius 1 is 0.789 bits per heavy atom. The molecule has 0 aliphatic heterocycles. The Morgan fingerprint density at radius 3 is 1.53 bits per heavy atom. The van der Waals surface area contributed by atoms with E-state index >= 15 is 0 Å². The highest BCUT2D eigenvalue weighted by atomic mass is 17.1. The number of carboxylic acids is 1. The van der Waals surface area contributed by atoms with E-state index in [1.54, 1.807) is 60.7 Å². The van der Waals surface area contributed by atoms with Crippen molar-refractivity contribution in [3.8, 4) is 0 Å². The molecular formula is C14H12O5. The fourth-order valence-electron chi connectivity index (χ4n) is 1.21. The SMILES string of the molecule is O=C(O)c1ccccc1.O=C(OO)c1ccccc1. The first-order valence-corrected chi connectivity index (χ1v) is 5.34. The van der Waals surface area contributed by atoms with Gasteiger partial charge in [-0.05, 0) is 24.3 Å². The fourth-order valence-corrected chi connectivity index (χ4v) is 1.21. The van der Waals surface area contributed by atoms with Crippen LogP contribution in [0.5, 0.6) is 0 Å². The first kappa shape index (κ1) is 14.4. The molecule has 0 unspecified atom stereocenters. The Hall–Kier alpha value is -2.66. The van der Waals surface area contributed by atoms with Crippen molar-refractivity contribution in [3.05, 3.63) is 71.8 Å². The van der Waals surface area contributed by atoms with Gasteiger partial charge in [0.05, 0.1) is 11.1 Å². The Kier molecular flexibility index (Phi) is 5.78. The Morgan fingerprint density at radius 2 is 1.21 bits per heavy atom. The average molecular weight is 260 g/mol. The molecule has 0 atom stereocenters. The minimum Gasteiger partial charge on any atom is -0.478 e. The Bertz CT molecular complexity index is 522. The van der Waals surface area contributed by atoms with Gasteiger partial charge in [-0.15, -0.1) is 0 Å². The molecule has 0 saturated carbocycles. The number of carbonyl (C=O) groups is 2. The summed E-state index contributed by atoms with van der Waals surface area (Å²) in [5, 5.41) is 16.3. The maximum Gasteiger partial charge on any atom is 0.372 e. The monoisotopic (exact) mass is 260 g/mol. The first-order chi connectivity index (χ1) is 9.15. The van der Waals surface area contributed by atoms with Crippen LogP contribution in [0.2, 0.25) is 0 Å². The van der Waals surface area contributed by atoms with Crippen LogP contribution in [0.4, 0.5) is 0 Å². The van der Waals surface area contributed by atoms with Crippen LogP contribution in [0.25, 0.3) is 0 Å². The molecule has 2 aromatic rings. The van der Waals surface area contributed by atoms with Gasteiger partial charge in [-0.25, -0.2) is 9.59 Å². The molecule has 5 heteroatoms. The van der Waals surface area contributed by atoms with Crippen LogP contribution in [-0.2, 0) is 4.89 Å². The van der Waals surface area contributed by atoms with Gasteiger partial charge >= 0.3 is 11.9 Å². The lowest BCUT2D eigenvalue weighted by Crippen LogP contribution is -2.00. The van der Waals surface area contributed by atoms with Crippen LogP contribution in [0.3, 0.4) is 0 Å². The third kappa shape index (κ3) is 5.01.